The van der Waals surface area contributed by atoms with Gasteiger partial charge in [-0.25, -0.2) is 4.98 Å². The Balaban J connectivity index is 1.86. The summed E-state index contributed by atoms with van der Waals surface area (Å²) < 4.78 is 0. The molecule has 106 valence electrons. The van der Waals surface area contributed by atoms with Gasteiger partial charge < -0.3 is 5.32 Å². The van der Waals surface area contributed by atoms with Crippen LogP contribution in [-0.2, 0) is 6.42 Å². The molecular weight excluding hydrogens is 244 g/mol. The molecule has 1 saturated carbocycles. The molecule has 0 saturated heterocycles. The Hall–Kier alpha value is -1.57. The summed E-state index contributed by atoms with van der Waals surface area (Å²) in [5, 5.41) is 4.75. The van der Waals surface area contributed by atoms with E-state index in [4.69, 9.17) is 4.98 Å². The van der Waals surface area contributed by atoms with E-state index in [0.29, 0.717) is 11.5 Å². The molecule has 1 fully saturated rings. The van der Waals surface area contributed by atoms with Gasteiger partial charge in [-0.1, -0.05) is 32.9 Å². The van der Waals surface area contributed by atoms with Gasteiger partial charge in [0, 0.05) is 11.4 Å². The summed E-state index contributed by atoms with van der Waals surface area (Å²) in [6.45, 7) is 6.83. The van der Waals surface area contributed by atoms with Gasteiger partial charge in [0.15, 0.2) is 0 Å². The van der Waals surface area contributed by atoms with Crippen LogP contribution in [0.25, 0.3) is 10.9 Å². The molecule has 0 atom stereocenters. The van der Waals surface area contributed by atoms with Gasteiger partial charge in [-0.2, -0.15) is 0 Å². The molecule has 3 rings (SSSR count). The van der Waals surface area contributed by atoms with Gasteiger partial charge in [0.25, 0.3) is 0 Å². The van der Waals surface area contributed by atoms with E-state index >= 15 is 0 Å². The van der Waals surface area contributed by atoms with Crippen molar-refractivity contribution in [2.24, 2.45) is 5.41 Å². The Kier molecular flexibility index (Phi) is 3.41. The van der Waals surface area contributed by atoms with Gasteiger partial charge in [-0.3, -0.25) is 0 Å². The Morgan fingerprint density at radius 2 is 1.90 bits per heavy atom. The van der Waals surface area contributed by atoms with E-state index in [0.717, 1.165) is 17.8 Å². The van der Waals surface area contributed by atoms with Crippen molar-refractivity contribution in [3.8, 4) is 0 Å². The highest BCUT2D eigenvalue weighted by molar-refractivity contribution is 5.81. The van der Waals surface area contributed by atoms with E-state index in [2.05, 4.69) is 56.4 Å². The van der Waals surface area contributed by atoms with Crippen LogP contribution < -0.4 is 5.32 Å². The number of nitrogens with zero attached hydrogens (tertiary/aromatic N) is 1. The molecule has 1 aliphatic rings. The molecule has 1 aromatic heterocycles. The fraction of sp³-hybridized carbons (Fsp3) is 0.500. The molecule has 0 spiro atoms. The third-order valence-electron chi connectivity index (χ3n) is 3.95. The van der Waals surface area contributed by atoms with Gasteiger partial charge in [0.1, 0.15) is 5.82 Å². The SMILES string of the molecule is CC(C)(C)Cc1ccc2ccc(NC3CCC3)nc2c1. The van der Waals surface area contributed by atoms with Crippen molar-refractivity contribution in [3.63, 3.8) is 0 Å². The number of hydrogen-bond donors (Lipinski definition) is 1. The normalized spacial score (nSPS) is 16.1. The predicted octanol–water partition coefficient (Wildman–Crippen LogP) is 4.79. The lowest BCUT2D eigenvalue weighted by Crippen LogP contribution is -2.27. The second kappa shape index (κ2) is 5.08. The summed E-state index contributed by atoms with van der Waals surface area (Å²) in [5.41, 5.74) is 2.80. The second-order valence-corrected chi connectivity index (χ2v) is 7.23. The molecule has 0 radical (unpaired) electrons. The van der Waals surface area contributed by atoms with E-state index in [1.54, 1.807) is 0 Å². The molecular formula is C18H24N2. The molecule has 0 amide bonds. The number of pyridine rings is 1. The van der Waals surface area contributed by atoms with Crippen molar-refractivity contribution in [3.05, 3.63) is 35.9 Å². The number of rotatable bonds is 3. The first-order chi connectivity index (χ1) is 9.49. The number of anilines is 1. The van der Waals surface area contributed by atoms with Crippen molar-refractivity contribution < 1.29 is 0 Å². The average Bonchev–Trinajstić information content (AvgIpc) is 2.31. The van der Waals surface area contributed by atoms with Crippen LogP contribution in [0.15, 0.2) is 30.3 Å². The van der Waals surface area contributed by atoms with Gasteiger partial charge in [0.05, 0.1) is 5.52 Å². The topological polar surface area (TPSA) is 24.9 Å². The lowest BCUT2D eigenvalue weighted by molar-refractivity contribution is 0.411. The number of aromatic nitrogens is 1. The van der Waals surface area contributed by atoms with Crippen LogP contribution in [0.4, 0.5) is 5.82 Å². The second-order valence-electron chi connectivity index (χ2n) is 7.23. The van der Waals surface area contributed by atoms with E-state index < -0.39 is 0 Å². The minimum absolute atomic E-state index is 0.315. The molecule has 2 heteroatoms. The van der Waals surface area contributed by atoms with Gasteiger partial charge in [-0.15, -0.1) is 0 Å². The molecule has 1 N–H and O–H groups in total. The molecule has 1 aromatic carbocycles. The quantitative estimate of drug-likeness (QED) is 0.866. The fourth-order valence-corrected chi connectivity index (χ4v) is 2.73. The van der Waals surface area contributed by atoms with Crippen LogP contribution in [0.5, 0.6) is 0 Å². The molecule has 20 heavy (non-hydrogen) atoms. The van der Waals surface area contributed by atoms with Crippen LogP contribution in [0.1, 0.15) is 45.6 Å². The molecule has 0 bridgehead atoms. The minimum Gasteiger partial charge on any atom is -0.367 e. The van der Waals surface area contributed by atoms with Crippen molar-refractivity contribution in [1.29, 1.82) is 0 Å². The molecule has 0 aliphatic heterocycles. The Labute approximate surface area is 121 Å². The third kappa shape index (κ3) is 3.12. The number of nitrogens with one attached hydrogen (secondary N) is 1. The maximum Gasteiger partial charge on any atom is 0.126 e. The first-order valence-electron chi connectivity index (χ1n) is 7.66. The van der Waals surface area contributed by atoms with E-state index in [1.165, 1.54) is 30.2 Å². The van der Waals surface area contributed by atoms with Crippen molar-refractivity contribution in [2.45, 2.75) is 52.5 Å². The van der Waals surface area contributed by atoms with Crippen LogP contribution in [0.3, 0.4) is 0 Å². The zero-order valence-corrected chi connectivity index (χ0v) is 12.7. The lowest BCUT2D eigenvalue weighted by Gasteiger charge is -2.27. The van der Waals surface area contributed by atoms with E-state index in [9.17, 15) is 0 Å². The summed E-state index contributed by atoms with van der Waals surface area (Å²) in [6.07, 6.45) is 5.00. The highest BCUT2D eigenvalue weighted by atomic mass is 15.0. The average molecular weight is 268 g/mol. The predicted molar refractivity (Wildman–Crippen MR) is 86.2 cm³/mol. The molecule has 2 nitrogen and oxygen atoms in total. The van der Waals surface area contributed by atoms with Crippen LogP contribution in [-0.4, -0.2) is 11.0 Å². The van der Waals surface area contributed by atoms with Crippen molar-refractivity contribution in [2.75, 3.05) is 5.32 Å². The fourth-order valence-electron chi connectivity index (χ4n) is 2.73. The maximum absolute atomic E-state index is 4.78. The van der Waals surface area contributed by atoms with Gasteiger partial charge >= 0.3 is 0 Å². The van der Waals surface area contributed by atoms with Crippen LogP contribution in [0, 0.1) is 5.41 Å². The number of benzene rings is 1. The Bertz CT molecular complexity index is 606. The first-order valence-corrected chi connectivity index (χ1v) is 7.66. The monoisotopic (exact) mass is 268 g/mol. The molecule has 1 heterocycles. The van der Waals surface area contributed by atoms with Crippen LogP contribution >= 0.6 is 0 Å². The van der Waals surface area contributed by atoms with E-state index in [1.807, 2.05) is 0 Å². The zero-order chi connectivity index (χ0) is 14.2. The molecule has 2 aromatic rings. The highest BCUT2D eigenvalue weighted by Crippen LogP contribution is 2.26. The number of hydrogen-bond acceptors (Lipinski definition) is 2. The lowest BCUT2D eigenvalue weighted by atomic mass is 9.88. The largest absolute Gasteiger partial charge is 0.367 e. The Morgan fingerprint density at radius 1 is 1.15 bits per heavy atom. The molecule has 1 aliphatic carbocycles. The zero-order valence-electron chi connectivity index (χ0n) is 12.7. The van der Waals surface area contributed by atoms with Crippen LogP contribution in [0.2, 0.25) is 0 Å². The van der Waals surface area contributed by atoms with E-state index in [-0.39, 0.29) is 0 Å². The minimum atomic E-state index is 0.315. The smallest absolute Gasteiger partial charge is 0.126 e. The first kappa shape index (κ1) is 13.4. The third-order valence-corrected chi connectivity index (χ3v) is 3.95. The van der Waals surface area contributed by atoms with Crippen molar-refractivity contribution >= 4 is 16.7 Å². The number of fused-ring (bicyclic) bond motifs is 1. The van der Waals surface area contributed by atoms with Gasteiger partial charge in [-0.05, 0) is 54.9 Å². The summed E-state index contributed by atoms with van der Waals surface area (Å²) in [6, 6.07) is 11.6. The van der Waals surface area contributed by atoms with Crippen molar-refractivity contribution in [1.82, 2.24) is 4.98 Å². The summed E-state index contributed by atoms with van der Waals surface area (Å²) in [4.78, 5) is 4.78. The standard InChI is InChI=1S/C18H24N2/c1-18(2,3)12-13-7-8-14-9-10-17(20-16(14)11-13)19-15-5-4-6-15/h7-11,15H,4-6,12H2,1-3H3,(H,19,20). The summed E-state index contributed by atoms with van der Waals surface area (Å²) in [5.74, 6) is 1.02. The maximum atomic E-state index is 4.78. The Morgan fingerprint density at radius 3 is 2.55 bits per heavy atom. The highest BCUT2D eigenvalue weighted by Gasteiger charge is 2.17. The van der Waals surface area contributed by atoms with Gasteiger partial charge in [0.2, 0.25) is 0 Å². The summed E-state index contributed by atoms with van der Waals surface area (Å²) in [7, 11) is 0. The summed E-state index contributed by atoms with van der Waals surface area (Å²) >= 11 is 0. The molecule has 0 unspecified atom stereocenters.